The van der Waals surface area contributed by atoms with Crippen molar-refractivity contribution >= 4 is 42.5 Å². The number of rotatable bonds is 6. The number of fused-ring (bicyclic) bond motifs is 1. The summed E-state index contributed by atoms with van der Waals surface area (Å²) in [6, 6.07) is 8.55. The molecule has 0 saturated carbocycles. The molecular weight excluding hydrogens is 439 g/mol. The predicted molar refractivity (Wildman–Crippen MR) is 122 cm³/mol. The molecule has 3 amide bonds. The molecule has 0 bridgehead atoms. The minimum absolute atomic E-state index is 0. The lowest BCUT2D eigenvalue weighted by molar-refractivity contribution is 0.0641. The van der Waals surface area contributed by atoms with Gasteiger partial charge in [0.25, 0.3) is 17.7 Å². The Kier molecular flexibility index (Phi) is 8.56. The van der Waals surface area contributed by atoms with Crippen molar-refractivity contribution in [2.24, 2.45) is 0 Å². The molecule has 9 heteroatoms. The largest absolute Gasteiger partial charge is 0.334 e. The number of nitrogens with zero attached hydrogens (tertiary/aromatic N) is 3. The van der Waals surface area contributed by atoms with Gasteiger partial charge in [0, 0.05) is 37.1 Å². The molecule has 1 aromatic carbocycles. The molecule has 166 valence electrons. The number of hydrogen-bond acceptors (Lipinski definition) is 5. The summed E-state index contributed by atoms with van der Waals surface area (Å²) in [4.78, 5) is 45.8. The van der Waals surface area contributed by atoms with E-state index in [4.69, 9.17) is 0 Å². The molecule has 0 radical (unpaired) electrons. The molecule has 1 aromatic heterocycles. The van der Waals surface area contributed by atoms with Crippen LogP contribution in [0, 0.1) is 0 Å². The van der Waals surface area contributed by atoms with E-state index in [1.54, 1.807) is 42.7 Å². The van der Waals surface area contributed by atoms with E-state index in [2.05, 4.69) is 10.3 Å². The molecule has 0 spiro atoms. The van der Waals surface area contributed by atoms with Gasteiger partial charge in [0.2, 0.25) is 0 Å². The molecule has 3 heterocycles. The summed E-state index contributed by atoms with van der Waals surface area (Å²) in [6.45, 7) is 4.59. The zero-order valence-corrected chi connectivity index (χ0v) is 18.9. The fourth-order valence-corrected chi connectivity index (χ4v) is 4.00. The van der Waals surface area contributed by atoms with E-state index in [0.717, 1.165) is 31.5 Å². The molecule has 4 rings (SSSR count). The molecule has 31 heavy (non-hydrogen) atoms. The van der Waals surface area contributed by atoms with Crippen molar-refractivity contribution in [3.05, 3.63) is 65.0 Å². The third-order valence-corrected chi connectivity index (χ3v) is 5.51. The van der Waals surface area contributed by atoms with Gasteiger partial charge in [-0.2, -0.15) is 0 Å². The van der Waals surface area contributed by atoms with Crippen LogP contribution in [0.2, 0.25) is 0 Å². The van der Waals surface area contributed by atoms with E-state index in [0.29, 0.717) is 23.2 Å². The van der Waals surface area contributed by atoms with Crippen LogP contribution in [-0.2, 0) is 6.54 Å². The third-order valence-electron chi connectivity index (χ3n) is 5.51. The van der Waals surface area contributed by atoms with Crippen molar-refractivity contribution in [1.82, 2.24) is 20.1 Å². The van der Waals surface area contributed by atoms with E-state index in [1.165, 1.54) is 4.90 Å². The minimum atomic E-state index is -0.360. The highest BCUT2D eigenvalue weighted by Crippen LogP contribution is 2.26. The Balaban J connectivity index is 0.00000171. The lowest BCUT2D eigenvalue weighted by Gasteiger charge is -2.28. The summed E-state index contributed by atoms with van der Waals surface area (Å²) >= 11 is 0. The van der Waals surface area contributed by atoms with E-state index in [9.17, 15) is 14.4 Å². The van der Waals surface area contributed by atoms with Gasteiger partial charge in [-0.3, -0.25) is 24.3 Å². The normalized spacial score (nSPS) is 17.1. The predicted octanol–water partition coefficient (Wildman–Crippen LogP) is 2.94. The molecule has 1 atom stereocenters. The van der Waals surface area contributed by atoms with Crippen LogP contribution in [0.15, 0.2) is 42.7 Å². The van der Waals surface area contributed by atoms with Gasteiger partial charge < -0.3 is 10.2 Å². The minimum Gasteiger partial charge on any atom is -0.334 e. The zero-order chi connectivity index (χ0) is 20.4. The SMILES string of the molecule is CCCN(C(=O)c1ccc2c(c1)C(=O)N(Cc1ccncc1)C2=O)C1CCNC1.Cl.Cl. The fourth-order valence-electron chi connectivity index (χ4n) is 4.00. The first-order valence-corrected chi connectivity index (χ1v) is 10.0. The van der Waals surface area contributed by atoms with Gasteiger partial charge in [0.15, 0.2) is 0 Å². The second kappa shape index (κ2) is 10.7. The van der Waals surface area contributed by atoms with Crippen LogP contribution >= 0.6 is 24.8 Å². The number of pyridine rings is 1. The number of benzene rings is 1. The van der Waals surface area contributed by atoms with Gasteiger partial charge in [0.05, 0.1) is 17.7 Å². The van der Waals surface area contributed by atoms with Crippen LogP contribution in [0.3, 0.4) is 0 Å². The maximum absolute atomic E-state index is 13.2. The fraction of sp³-hybridized carbons (Fsp3) is 0.364. The maximum Gasteiger partial charge on any atom is 0.261 e. The highest BCUT2D eigenvalue weighted by atomic mass is 35.5. The number of carbonyl (C=O) groups excluding carboxylic acids is 3. The molecule has 2 aliphatic rings. The van der Waals surface area contributed by atoms with Crippen LogP contribution in [0.25, 0.3) is 0 Å². The highest BCUT2D eigenvalue weighted by Gasteiger charge is 2.36. The molecule has 0 aliphatic carbocycles. The number of nitrogens with one attached hydrogen (secondary N) is 1. The van der Waals surface area contributed by atoms with Gasteiger partial charge in [-0.1, -0.05) is 6.92 Å². The smallest absolute Gasteiger partial charge is 0.261 e. The van der Waals surface area contributed by atoms with E-state index in [1.807, 2.05) is 11.8 Å². The van der Waals surface area contributed by atoms with Gasteiger partial charge in [-0.05, 0) is 55.3 Å². The summed E-state index contributed by atoms with van der Waals surface area (Å²) in [6.07, 6.45) is 5.05. The average molecular weight is 465 g/mol. The first kappa shape index (κ1) is 24.8. The highest BCUT2D eigenvalue weighted by molar-refractivity contribution is 6.22. The number of amides is 3. The summed E-state index contributed by atoms with van der Waals surface area (Å²) in [5.41, 5.74) is 1.94. The van der Waals surface area contributed by atoms with Gasteiger partial charge >= 0.3 is 0 Å². The first-order chi connectivity index (χ1) is 14.1. The summed E-state index contributed by atoms with van der Waals surface area (Å²) in [5, 5.41) is 3.30. The van der Waals surface area contributed by atoms with Crippen LogP contribution < -0.4 is 5.32 Å². The van der Waals surface area contributed by atoms with Crippen LogP contribution in [0.4, 0.5) is 0 Å². The molecule has 7 nitrogen and oxygen atoms in total. The Labute approximate surface area is 194 Å². The number of aromatic nitrogens is 1. The third kappa shape index (κ3) is 4.89. The summed E-state index contributed by atoms with van der Waals surface area (Å²) in [5.74, 6) is -0.775. The molecule has 2 aromatic rings. The second-order valence-electron chi connectivity index (χ2n) is 7.46. The maximum atomic E-state index is 13.2. The molecule has 2 aliphatic heterocycles. The van der Waals surface area contributed by atoms with E-state index in [-0.39, 0.29) is 55.1 Å². The topological polar surface area (TPSA) is 82.6 Å². The van der Waals surface area contributed by atoms with E-state index < -0.39 is 0 Å². The number of halogens is 2. The van der Waals surface area contributed by atoms with Gasteiger partial charge in [-0.15, -0.1) is 24.8 Å². The molecule has 1 N–H and O–H groups in total. The lowest BCUT2D eigenvalue weighted by Crippen LogP contribution is -2.42. The molecule has 1 saturated heterocycles. The van der Waals surface area contributed by atoms with Crippen LogP contribution in [0.5, 0.6) is 0 Å². The van der Waals surface area contributed by atoms with Crippen LogP contribution in [0.1, 0.15) is 56.4 Å². The first-order valence-electron chi connectivity index (χ1n) is 10.0. The monoisotopic (exact) mass is 464 g/mol. The van der Waals surface area contributed by atoms with Gasteiger partial charge in [0.1, 0.15) is 0 Å². The van der Waals surface area contributed by atoms with Crippen molar-refractivity contribution in [3.63, 3.8) is 0 Å². The van der Waals surface area contributed by atoms with Crippen molar-refractivity contribution in [3.8, 4) is 0 Å². The molecular formula is C22H26Cl2N4O3. The van der Waals surface area contributed by atoms with Crippen LogP contribution in [-0.4, -0.2) is 58.2 Å². The van der Waals surface area contributed by atoms with Crippen molar-refractivity contribution in [1.29, 1.82) is 0 Å². The lowest BCUT2D eigenvalue weighted by atomic mass is 10.0. The van der Waals surface area contributed by atoms with Crippen molar-refractivity contribution in [2.75, 3.05) is 19.6 Å². The molecule has 1 fully saturated rings. The number of carbonyl (C=O) groups is 3. The Bertz CT molecular complexity index is 949. The Morgan fingerprint density at radius 2 is 1.84 bits per heavy atom. The van der Waals surface area contributed by atoms with E-state index >= 15 is 0 Å². The second-order valence-corrected chi connectivity index (χ2v) is 7.46. The Morgan fingerprint density at radius 3 is 2.48 bits per heavy atom. The average Bonchev–Trinajstić information content (AvgIpc) is 3.36. The number of imide groups is 1. The van der Waals surface area contributed by atoms with Crippen molar-refractivity contribution in [2.45, 2.75) is 32.4 Å². The number of hydrogen-bond donors (Lipinski definition) is 1. The van der Waals surface area contributed by atoms with Gasteiger partial charge in [-0.25, -0.2) is 0 Å². The standard InChI is InChI=1S/C22H24N4O3.2ClH/c1-2-11-25(17-7-10-24-13-17)20(27)16-3-4-18-19(12-16)22(29)26(21(18)28)14-15-5-8-23-9-6-15;;/h3-6,8-9,12,17,24H,2,7,10-11,13-14H2,1H3;2*1H. The molecule has 1 unspecified atom stereocenters. The van der Waals surface area contributed by atoms with Crippen molar-refractivity contribution < 1.29 is 14.4 Å². The Hall–Kier alpha value is -2.48. The Morgan fingerprint density at radius 1 is 1.13 bits per heavy atom. The quantitative estimate of drug-likeness (QED) is 0.664. The zero-order valence-electron chi connectivity index (χ0n) is 17.2. The summed E-state index contributed by atoms with van der Waals surface area (Å²) < 4.78 is 0. The summed E-state index contributed by atoms with van der Waals surface area (Å²) in [7, 11) is 0.